The normalized spacial score (nSPS) is 36.3. The van der Waals surface area contributed by atoms with Gasteiger partial charge < -0.3 is 14.2 Å². The van der Waals surface area contributed by atoms with Crippen molar-refractivity contribution in [1.29, 1.82) is 0 Å². The van der Waals surface area contributed by atoms with Gasteiger partial charge in [0.2, 0.25) is 0 Å². The van der Waals surface area contributed by atoms with E-state index in [1.54, 1.807) is 0 Å². The smallest absolute Gasteiger partial charge is 0.0628 e. The van der Waals surface area contributed by atoms with E-state index < -0.39 is 0 Å². The summed E-state index contributed by atoms with van der Waals surface area (Å²) in [6.07, 6.45) is 9.58. The molecular formula is C19H35NO3. The predicted molar refractivity (Wildman–Crippen MR) is 91.7 cm³/mol. The molecule has 3 fully saturated rings. The van der Waals surface area contributed by atoms with Crippen LogP contribution < -0.4 is 0 Å². The Morgan fingerprint density at radius 1 is 0.696 bits per heavy atom. The van der Waals surface area contributed by atoms with Gasteiger partial charge >= 0.3 is 0 Å². The molecule has 0 aromatic heterocycles. The standard InChI is InChI=1S/C19H35NO3/c1-13(2)21-17-9-15(10-17)20-7-5-16(6-8-20)23-19-11-18(12-19)22-14(3)4/h13-19H,5-12H2,1-4H3/t15-,17-,18-,19-. The summed E-state index contributed by atoms with van der Waals surface area (Å²) in [5, 5.41) is 0. The molecule has 0 spiro atoms. The maximum Gasteiger partial charge on any atom is 0.0628 e. The Kier molecular flexibility index (Phi) is 6.00. The van der Waals surface area contributed by atoms with Gasteiger partial charge in [0, 0.05) is 19.1 Å². The van der Waals surface area contributed by atoms with E-state index in [4.69, 9.17) is 14.2 Å². The summed E-state index contributed by atoms with van der Waals surface area (Å²) in [6, 6.07) is 0.757. The summed E-state index contributed by atoms with van der Waals surface area (Å²) in [7, 11) is 0. The van der Waals surface area contributed by atoms with E-state index in [0.29, 0.717) is 36.6 Å². The first-order valence-electron chi connectivity index (χ1n) is 9.70. The molecule has 0 aromatic carbocycles. The van der Waals surface area contributed by atoms with Crippen LogP contribution in [-0.4, -0.2) is 60.7 Å². The Labute approximate surface area is 141 Å². The molecule has 3 aliphatic rings. The van der Waals surface area contributed by atoms with Gasteiger partial charge in [0.15, 0.2) is 0 Å². The van der Waals surface area contributed by atoms with E-state index in [1.165, 1.54) is 38.8 Å². The molecule has 23 heavy (non-hydrogen) atoms. The van der Waals surface area contributed by atoms with Crippen LogP contribution >= 0.6 is 0 Å². The third-order valence-electron chi connectivity index (χ3n) is 5.43. The number of likely N-dealkylation sites (tertiary alicyclic amines) is 1. The zero-order valence-electron chi connectivity index (χ0n) is 15.4. The number of nitrogens with zero attached hydrogens (tertiary/aromatic N) is 1. The maximum absolute atomic E-state index is 6.26. The molecule has 1 saturated heterocycles. The fourth-order valence-electron chi connectivity index (χ4n) is 4.11. The number of piperidine rings is 1. The van der Waals surface area contributed by atoms with Crippen LogP contribution in [0, 0.1) is 0 Å². The lowest BCUT2D eigenvalue weighted by Gasteiger charge is -2.46. The Morgan fingerprint density at radius 3 is 1.74 bits per heavy atom. The molecule has 4 heteroatoms. The van der Waals surface area contributed by atoms with Crippen LogP contribution in [0.5, 0.6) is 0 Å². The molecule has 1 heterocycles. The van der Waals surface area contributed by atoms with Gasteiger partial charge in [0.1, 0.15) is 0 Å². The number of ether oxygens (including phenoxy) is 3. The Morgan fingerprint density at radius 2 is 1.22 bits per heavy atom. The molecule has 2 aliphatic carbocycles. The topological polar surface area (TPSA) is 30.9 Å². The van der Waals surface area contributed by atoms with E-state index in [-0.39, 0.29) is 0 Å². The van der Waals surface area contributed by atoms with Gasteiger partial charge in [0.25, 0.3) is 0 Å². The summed E-state index contributed by atoms with van der Waals surface area (Å²) >= 11 is 0. The van der Waals surface area contributed by atoms with Crippen molar-refractivity contribution >= 4 is 0 Å². The number of hydrogen-bond donors (Lipinski definition) is 0. The molecule has 1 aliphatic heterocycles. The van der Waals surface area contributed by atoms with Crippen molar-refractivity contribution in [2.24, 2.45) is 0 Å². The maximum atomic E-state index is 6.26. The molecule has 134 valence electrons. The van der Waals surface area contributed by atoms with E-state index in [1.807, 2.05) is 0 Å². The third-order valence-corrected chi connectivity index (χ3v) is 5.43. The lowest BCUT2D eigenvalue weighted by molar-refractivity contribution is -0.150. The van der Waals surface area contributed by atoms with E-state index in [2.05, 4.69) is 32.6 Å². The van der Waals surface area contributed by atoms with E-state index in [9.17, 15) is 0 Å². The fourth-order valence-corrected chi connectivity index (χ4v) is 4.11. The van der Waals surface area contributed by atoms with Gasteiger partial charge in [0.05, 0.1) is 36.6 Å². The van der Waals surface area contributed by atoms with Gasteiger partial charge in [-0.15, -0.1) is 0 Å². The molecule has 0 radical (unpaired) electrons. The van der Waals surface area contributed by atoms with Gasteiger partial charge in [-0.2, -0.15) is 0 Å². The SMILES string of the molecule is CC(C)O[C@H]1C[C@H](OC2CCN([C@H]3C[C@H](OC(C)C)C3)CC2)C1. The molecule has 2 saturated carbocycles. The molecular weight excluding hydrogens is 290 g/mol. The van der Waals surface area contributed by atoms with Crippen molar-refractivity contribution in [2.75, 3.05) is 13.1 Å². The van der Waals surface area contributed by atoms with Crippen LogP contribution in [0.25, 0.3) is 0 Å². The molecule has 3 rings (SSSR count). The summed E-state index contributed by atoms with van der Waals surface area (Å²) in [4.78, 5) is 2.66. The van der Waals surface area contributed by atoms with Crippen molar-refractivity contribution in [1.82, 2.24) is 4.90 Å². The average molecular weight is 325 g/mol. The van der Waals surface area contributed by atoms with Gasteiger partial charge in [-0.05, 0) is 66.2 Å². The van der Waals surface area contributed by atoms with Gasteiger partial charge in [-0.25, -0.2) is 0 Å². The lowest BCUT2D eigenvalue weighted by Crippen LogP contribution is -2.52. The monoisotopic (exact) mass is 325 g/mol. The van der Waals surface area contributed by atoms with Crippen LogP contribution in [0.2, 0.25) is 0 Å². The highest BCUT2D eigenvalue weighted by Crippen LogP contribution is 2.33. The van der Waals surface area contributed by atoms with E-state index >= 15 is 0 Å². The van der Waals surface area contributed by atoms with Gasteiger partial charge in [-0.1, -0.05) is 0 Å². The average Bonchev–Trinajstić information content (AvgIpc) is 2.40. The summed E-state index contributed by atoms with van der Waals surface area (Å²) in [6.45, 7) is 10.9. The summed E-state index contributed by atoms with van der Waals surface area (Å²) in [5.74, 6) is 0. The molecule has 0 N–H and O–H groups in total. The Balaban J connectivity index is 1.27. The van der Waals surface area contributed by atoms with E-state index in [0.717, 1.165) is 18.9 Å². The highest BCUT2D eigenvalue weighted by molar-refractivity contribution is 4.91. The number of rotatable bonds is 7. The quantitative estimate of drug-likeness (QED) is 0.718. The summed E-state index contributed by atoms with van der Waals surface area (Å²) < 4.78 is 18.0. The highest BCUT2D eigenvalue weighted by atomic mass is 16.5. The minimum absolute atomic E-state index is 0.343. The van der Waals surface area contributed by atoms with Crippen LogP contribution in [0.1, 0.15) is 66.2 Å². The van der Waals surface area contributed by atoms with Crippen LogP contribution in [0.4, 0.5) is 0 Å². The highest BCUT2D eigenvalue weighted by Gasteiger charge is 2.38. The third kappa shape index (κ3) is 4.91. The van der Waals surface area contributed by atoms with Crippen molar-refractivity contribution in [3.63, 3.8) is 0 Å². The first-order valence-corrected chi connectivity index (χ1v) is 9.70. The zero-order valence-corrected chi connectivity index (χ0v) is 15.4. The van der Waals surface area contributed by atoms with Crippen molar-refractivity contribution in [2.45, 2.75) is 109 Å². The second-order valence-electron chi connectivity index (χ2n) is 8.20. The molecule has 0 amide bonds. The molecule has 4 nitrogen and oxygen atoms in total. The molecule has 0 atom stereocenters. The molecule has 0 bridgehead atoms. The minimum Gasteiger partial charge on any atom is -0.375 e. The number of hydrogen-bond acceptors (Lipinski definition) is 4. The van der Waals surface area contributed by atoms with Crippen molar-refractivity contribution < 1.29 is 14.2 Å². The Hall–Kier alpha value is -0.160. The van der Waals surface area contributed by atoms with Crippen molar-refractivity contribution in [3.05, 3.63) is 0 Å². The van der Waals surface area contributed by atoms with Crippen molar-refractivity contribution in [3.8, 4) is 0 Å². The van der Waals surface area contributed by atoms with Crippen LogP contribution in [-0.2, 0) is 14.2 Å². The zero-order chi connectivity index (χ0) is 16.4. The minimum atomic E-state index is 0.343. The predicted octanol–water partition coefficient (Wildman–Crippen LogP) is 3.38. The Bertz CT molecular complexity index is 354. The first kappa shape index (κ1) is 17.7. The van der Waals surface area contributed by atoms with Gasteiger partial charge in [-0.3, -0.25) is 4.90 Å². The largest absolute Gasteiger partial charge is 0.375 e. The van der Waals surface area contributed by atoms with Crippen LogP contribution in [0.15, 0.2) is 0 Å². The fraction of sp³-hybridized carbons (Fsp3) is 1.00. The molecule has 0 unspecified atom stereocenters. The van der Waals surface area contributed by atoms with Crippen LogP contribution in [0.3, 0.4) is 0 Å². The lowest BCUT2D eigenvalue weighted by atomic mass is 9.86. The summed E-state index contributed by atoms with van der Waals surface area (Å²) in [5.41, 5.74) is 0. The second kappa shape index (κ2) is 7.81. The second-order valence-corrected chi connectivity index (χ2v) is 8.20. The first-order chi connectivity index (χ1) is 11.0. The molecule has 0 aromatic rings.